The Balaban J connectivity index is 1.54. The fourth-order valence-corrected chi connectivity index (χ4v) is 4.91. The molecule has 1 heterocycles. The molecular weight excluding hydrogens is 232 g/mol. The van der Waals surface area contributed by atoms with Crippen LogP contribution in [0.1, 0.15) is 64.2 Å². The molecule has 19 heavy (non-hydrogen) atoms. The maximum Gasteiger partial charge on any atom is 0.0516 e. The standard InChI is InChI=1S/C18H31O/c1-14(10-15-12-19-13-15)11-18(16-6-2-3-7-16)17-8-4-5-9-17/h14-18H,1-13H2. The minimum absolute atomic E-state index is 0.681. The molecule has 1 radical (unpaired) electrons. The fraction of sp³-hybridized carbons (Fsp3) is 0.944. The Kier molecular flexibility index (Phi) is 4.84. The predicted molar refractivity (Wildman–Crippen MR) is 79.8 cm³/mol. The highest BCUT2D eigenvalue weighted by atomic mass is 16.5. The summed E-state index contributed by atoms with van der Waals surface area (Å²) in [6.07, 6.45) is 14.8. The van der Waals surface area contributed by atoms with E-state index in [1.54, 1.807) is 0 Å². The van der Waals surface area contributed by atoms with E-state index in [0.717, 1.165) is 36.9 Å². The van der Waals surface area contributed by atoms with Crippen LogP contribution in [-0.4, -0.2) is 13.2 Å². The molecule has 1 nitrogen and oxygen atoms in total. The van der Waals surface area contributed by atoms with Crippen LogP contribution in [-0.2, 0) is 4.74 Å². The number of rotatable bonds is 6. The van der Waals surface area contributed by atoms with Crippen LogP contribution in [0.5, 0.6) is 0 Å². The van der Waals surface area contributed by atoms with Gasteiger partial charge < -0.3 is 4.74 Å². The van der Waals surface area contributed by atoms with Gasteiger partial charge in [0.1, 0.15) is 0 Å². The van der Waals surface area contributed by atoms with Gasteiger partial charge in [-0.3, -0.25) is 0 Å². The number of hydrogen-bond donors (Lipinski definition) is 0. The van der Waals surface area contributed by atoms with Crippen LogP contribution in [0.15, 0.2) is 0 Å². The van der Waals surface area contributed by atoms with Crippen molar-refractivity contribution in [1.82, 2.24) is 0 Å². The van der Waals surface area contributed by atoms with E-state index in [1.807, 2.05) is 0 Å². The molecule has 2 aliphatic carbocycles. The molecule has 0 amide bonds. The Labute approximate surface area is 119 Å². The molecular formula is C18H31O. The summed E-state index contributed by atoms with van der Waals surface area (Å²) in [5, 5.41) is 0. The summed E-state index contributed by atoms with van der Waals surface area (Å²) in [4.78, 5) is 0. The molecule has 1 aliphatic heterocycles. The third-order valence-electron chi connectivity index (χ3n) is 5.99. The summed E-state index contributed by atoms with van der Waals surface area (Å²) >= 11 is 0. The van der Waals surface area contributed by atoms with Crippen LogP contribution in [0, 0.1) is 36.5 Å². The van der Waals surface area contributed by atoms with Crippen molar-refractivity contribution in [2.75, 3.05) is 13.2 Å². The van der Waals surface area contributed by atoms with Gasteiger partial charge in [-0.05, 0) is 36.5 Å². The normalized spacial score (nSPS) is 28.1. The van der Waals surface area contributed by atoms with Gasteiger partial charge in [-0.15, -0.1) is 0 Å². The molecule has 109 valence electrons. The molecule has 0 aromatic rings. The molecule has 0 spiro atoms. The van der Waals surface area contributed by atoms with Gasteiger partial charge >= 0.3 is 0 Å². The lowest BCUT2D eigenvalue weighted by atomic mass is 9.73. The third kappa shape index (κ3) is 3.54. The SMILES string of the molecule is [CH2]C(CC1COC1)CC(C1CCCC1)C1CCCC1. The van der Waals surface area contributed by atoms with E-state index in [2.05, 4.69) is 6.92 Å². The fourth-order valence-electron chi connectivity index (χ4n) is 4.91. The monoisotopic (exact) mass is 263 g/mol. The van der Waals surface area contributed by atoms with Crippen LogP contribution in [0.3, 0.4) is 0 Å². The molecule has 0 N–H and O–H groups in total. The van der Waals surface area contributed by atoms with Crippen molar-refractivity contribution in [3.63, 3.8) is 0 Å². The second-order valence-corrected chi connectivity index (χ2v) is 7.49. The average molecular weight is 263 g/mol. The van der Waals surface area contributed by atoms with Crippen LogP contribution in [0.4, 0.5) is 0 Å². The summed E-state index contributed by atoms with van der Waals surface area (Å²) in [7, 11) is 0. The van der Waals surface area contributed by atoms with E-state index in [-0.39, 0.29) is 0 Å². The van der Waals surface area contributed by atoms with Crippen LogP contribution < -0.4 is 0 Å². The maximum atomic E-state index is 5.31. The quantitative estimate of drug-likeness (QED) is 0.665. The Hall–Kier alpha value is -0.0400. The van der Waals surface area contributed by atoms with Crippen molar-refractivity contribution >= 4 is 0 Å². The minimum atomic E-state index is 0.681. The number of ether oxygens (including phenoxy) is 1. The Morgan fingerprint density at radius 1 is 0.895 bits per heavy atom. The second-order valence-electron chi connectivity index (χ2n) is 7.49. The van der Waals surface area contributed by atoms with Crippen molar-refractivity contribution < 1.29 is 4.74 Å². The summed E-state index contributed by atoms with van der Waals surface area (Å²) in [6, 6.07) is 0. The van der Waals surface area contributed by atoms with Gasteiger partial charge in [0.15, 0.2) is 0 Å². The molecule has 1 unspecified atom stereocenters. The Morgan fingerprint density at radius 2 is 1.42 bits per heavy atom. The zero-order chi connectivity index (χ0) is 13.1. The van der Waals surface area contributed by atoms with E-state index >= 15 is 0 Å². The molecule has 0 aromatic carbocycles. The van der Waals surface area contributed by atoms with E-state index < -0.39 is 0 Å². The van der Waals surface area contributed by atoms with Crippen molar-refractivity contribution in [2.45, 2.75) is 64.2 Å². The molecule has 3 fully saturated rings. The van der Waals surface area contributed by atoms with Crippen molar-refractivity contribution in [3.8, 4) is 0 Å². The highest BCUT2D eigenvalue weighted by molar-refractivity contribution is 4.86. The van der Waals surface area contributed by atoms with Gasteiger partial charge in [-0.2, -0.15) is 0 Å². The minimum Gasteiger partial charge on any atom is -0.381 e. The average Bonchev–Trinajstić information content (AvgIpc) is 3.02. The molecule has 0 bridgehead atoms. The molecule has 1 atom stereocenters. The third-order valence-corrected chi connectivity index (χ3v) is 5.99. The highest BCUT2D eigenvalue weighted by Crippen LogP contribution is 2.45. The highest BCUT2D eigenvalue weighted by Gasteiger charge is 2.34. The van der Waals surface area contributed by atoms with Gasteiger partial charge in [0, 0.05) is 5.92 Å². The number of hydrogen-bond acceptors (Lipinski definition) is 1. The summed E-state index contributed by atoms with van der Waals surface area (Å²) in [5.41, 5.74) is 0. The second kappa shape index (κ2) is 6.61. The first-order valence-corrected chi connectivity index (χ1v) is 8.73. The van der Waals surface area contributed by atoms with Gasteiger partial charge in [-0.1, -0.05) is 58.3 Å². The topological polar surface area (TPSA) is 9.23 Å². The zero-order valence-corrected chi connectivity index (χ0v) is 12.5. The first-order valence-electron chi connectivity index (χ1n) is 8.73. The van der Waals surface area contributed by atoms with E-state index in [0.29, 0.717) is 5.92 Å². The van der Waals surface area contributed by atoms with Crippen molar-refractivity contribution in [1.29, 1.82) is 0 Å². The maximum absolute atomic E-state index is 5.31. The van der Waals surface area contributed by atoms with Gasteiger partial charge in [0.2, 0.25) is 0 Å². The van der Waals surface area contributed by atoms with E-state index in [9.17, 15) is 0 Å². The van der Waals surface area contributed by atoms with Gasteiger partial charge in [0.05, 0.1) is 13.2 Å². The van der Waals surface area contributed by atoms with E-state index in [4.69, 9.17) is 4.74 Å². The predicted octanol–water partition coefficient (Wildman–Crippen LogP) is 4.86. The van der Waals surface area contributed by atoms with Crippen molar-refractivity contribution in [2.24, 2.45) is 29.6 Å². The smallest absolute Gasteiger partial charge is 0.0516 e. The molecule has 1 saturated heterocycles. The largest absolute Gasteiger partial charge is 0.381 e. The van der Waals surface area contributed by atoms with Crippen LogP contribution >= 0.6 is 0 Å². The lowest BCUT2D eigenvalue weighted by Gasteiger charge is -2.34. The first-order chi connectivity index (χ1) is 9.33. The molecule has 3 rings (SSSR count). The van der Waals surface area contributed by atoms with Crippen LogP contribution in [0.2, 0.25) is 0 Å². The zero-order valence-electron chi connectivity index (χ0n) is 12.5. The van der Waals surface area contributed by atoms with Crippen LogP contribution in [0.25, 0.3) is 0 Å². The van der Waals surface area contributed by atoms with E-state index in [1.165, 1.54) is 64.2 Å². The summed E-state index contributed by atoms with van der Waals surface area (Å²) < 4.78 is 5.31. The van der Waals surface area contributed by atoms with Crippen molar-refractivity contribution in [3.05, 3.63) is 6.92 Å². The molecule has 1 heteroatoms. The molecule has 2 saturated carbocycles. The lowest BCUT2D eigenvalue weighted by Crippen LogP contribution is -2.30. The lowest BCUT2D eigenvalue weighted by molar-refractivity contribution is -0.0421. The first kappa shape index (κ1) is 13.9. The van der Waals surface area contributed by atoms with Gasteiger partial charge in [0.25, 0.3) is 0 Å². The van der Waals surface area contributed by atoms with Gasteiger partial charge in [-0.25, -0.2) is 0 Å². The summed E-state index contributed by atoms with van der Waals surface area (Å²) in [5.74, 6) is 4.61. The summed E-state index contributed by atoms with van der Waals surface area (Å²) in [6.45, 7) is 6.49. The molecule has 0 aromatic heterocycles. The Morgan fingerprint density at radius 3 is 1.84 bits per heavy atom. The molecule has 3 aliphatic rings. The Bertz CT molecular complexity index is 243.